The highest BCUT2D eigenvalue weighted by Gasteiger charge is 2.42. The van der Waals surface area contributed by atoms with Crippen LogP contribution in [0.25, 0.3) is 0 Å². The Morgan fingerprint density at radius 2 is 1.71 bits per heavy atom. The minimum absolute atomic E-state index is 0.00542. The van der Waals surface area contributed by atoms with E-state index in [1.807, 2.05) is 0 Å². The summed E-state index contributed by atoms with van der Waals surface area (Å²) in [5.41, 5.74) is 0.743. The Morgan fingerprint density at radius 3 is 2.38 bits per heavy atom. The average Bonchev–Trinajstić information content (AvgIpc) is 3.03. The number of fused-ring (bicyclic) bond motifs is 1. The molecular weight excluding hydrogens is 463 g/mol. The van der Waals surface area contributed by atoms with Crippen molar-refractivity contribution in [3.8, 4) is 0 Å². The minimum Gasteiger partial charge on any atom is -0.454 e. The second-order valence-corrected chi connectivity index (χ2v) is 10.2. The van der Waals surface area contributed by atoms with E-state index < -0.39 is 41.0 Å². The van der Waals surface area contributed by atoms with Gasteiger partial charge in [-0.15, -0.1) is 0 Å². The molecule has 1 aliphatic heterocycles. The molecular formula is C24H25FN2O6S. The molecule has 1 saturated carbocycles. The van der Waals surface area contributed by atoms with Crippen molar-refractivity contribution in [2.45, 2.75) is 49.6 Å². The Kier molecular flexibility index (Phi) is 6.97. The molecule has 2 aromatic rings. The smallest absolute Gasteiger partial charge is 0.327 e. The lowest BCUT2D eigenvalue weighted by molar-refractivity contribution is -0.153. The van der Waals surface area contributed by atoms with E-state index in [-0.39, 0.29) is 28.9 Å². The number of ether oxygens (including phenoxy) is 1. The maximum atomic E-state index is 13.3. The third-order valence-corrected chi connectivity index (χ3v) is 7.93. The van der Waals surface area contributed by atoms with Gasteiger partial charge in [0, 0.05) is 12.6 Å². The first kappa shape index (κ1) is 23.9. The summed E-state index contributed by atoms with van der Waals surface area (Å²) in [7, 11) is -4.15. The molecule has 1 fully saturated rings. The van der Waals surface area contributed by atoms with E-state index in [1.165, 1.54) is 36.4 Å². The number of esters is 1. The van der Waals surface area contributed by atoms with E-state index in [0.717, 1.165) is 37.7 Å². The molecule has 0 spiro atoms. The maximum Gasteiger partial charge on any atom is 0.327 e. The number of halogens is 1. The molecule has 2 aromatic carbocycles. The molecule has 2 amide bonds. The van der Waals surface area contributed by atoms with Gasteiger partial charge in [-0.2, -0.15) is 0 Å². The zero-order valence-electron chi connectivity index (χ0n) is 18.5. The van der Waals surface area contributed by atoms with Crippen molar-refractivity contribution in [3.05, 3.63) is 65.5 Å². The highest BCUT2D eigenvalue weighted by Crippen LogP contribution is 2.29. The molecule has 0 radical (unpaired) electrons. The van der Waals surface area contributed by atoms with Gasteiger partial charge in [-0.1, -0.05) is 43.5 Å². The number of benzene rings is 2. The fourth-order valence-corrected chi connectivity index (χ4v) is 5.89. The van der Waals surface area contributed by atoms with Gasteiger partial charge in [0.25, 0.3) is 21.8 Å². The average molecular weight is 489 g/mol. The first-order valence-electron chi connectivity index (χ1n) is 11.1. The number of hydrogen-bond donors (Lipinski definition) is 0. The second-order valence-electron chi connectivity index (χ2n) is 8.41. The Labute approximate surface area is 197 Å². The van der Waals surface area contributed by atoms with Crippen molar-refractivity contribution in [2.24, 2.45) is 0 Å². The molecule has 0 atom stereocenters. The van der Waals surface area contributed by atoms with Crippen LogP contribution in [0, 0.1) is 5.82 Å². The van der Waals surface area contributed by atoms with Crippen molar-refractivity contribution in [1.29, 1.82) is 0 Å². The normalized spacial score (nSPS) is 17.3. The lowest BCUT2D eigenvalue weighted by atomic mass is 9.93. The van der Waals surface area contributed by atoms with Crippen LogP contribution in [0.5, 0.6) is 0 Å². The first-order valence-corrected chi connectivity index (χ1v) is 12.6. The summed E-state index contributed by atoms with van der Waals surface area (Å²) < 4.78 is 44.0. The van der Waals surface area contributed by atoms with Crippen LogP contribution in [0.2, 0.25) is 0 Å². The van der Waals surface area contributed by atoms with E-state index >= 15 is 0 Å². The van der Waals surface area contributed by atoms with E-state index in [4.69, 9.17) is 4.74 Å². The number of hydrogen-bond acceptors (Lipinski definition) is 6. The quantitative estimate of drug-likeness (QED) is 0.556. The van der Waals surface area contributed by atoms with E-state index in [2.05, 4.69) is 0 Å². The summed E-state index contributed by atoms with van der Waals surface area (Å²) in [6, 6.07) is 11.5. The number of amides is 2. The largest absolute Gasteiger partial charge is 0.454 e. The van der Waals surface area contributed by atoms with Gasteiger partial charge in [-0.05, 0) is 42.7 Å². The van der Waals surface area contributed by atoms with Gasteiger partial charge in [0.2, 0.25) is 0 Å². The molecule has 0 bridgehead atoms. The van der Waals surface area contributed by atoms with Gasteiger partial charge in [-0.3, -0.25) is 14.4 Å². The summed E-state index contributed by atoms with van der Waals surface area (Å²) in [6.07, 6.45) is 4.68. The van der Waals surface area contributed by atoms with E-state index in [1.54, 1.807) is 17.0 Å². The van der Waals surface area contributed by atoms with E-state index in [9.17, 15) is 27.2 Å². The molecule has 34 heavy (non-hydrogen) atoms. The lowest BCUT2D eigenvalue weighted by Crippen LogP contribution is -2.43. The first-order chi connectivity index (χ1) is 16.3. The molecule has 2 aliphatic rings. The Morgan fingerprint density at radius 1 is 1.03 bits per heavy atom. The minimum atomic E-state index is -4.15. The van der Waals surface area contributed by atoms with Crippen LogP contribution in [0.4, 0.5) is 4.39 Å². The molecule has 10 heteroatoms. The van der Waals surface area contributed by atoms with Crippen LogP contribution < -0.4 is 0 Å². The van der Waals surface area contributed by atoms with Crippen molar-refractivity contribution < 1.29 is 31.9 Å². The van der Waals surface area contributed by atoms with Crippen LogP contribution >= 0.6 is 0 Å². The third kappa shape index (κ3) is 4.96. The molecule has 1 aliphatic carbocycles. The SMILES string of the molecule is O=C(CN1C(=O)c2ccccc2S1(=O)=O)OCC(=O)N(Cc1ccc(F)cc1)C1CCCCC1. The van der Waals surface area contributed by atoms with Crippen molar-refractivity contribution in [1.82, 2.24) is 9.21 Å². The van der Waals surface area contributed by atoms with Gasteiger partial charge >= 0.3 is 5.97 Å². The van der Waals surface area contributed by atoms with Gasteiger partial charge < -0.3 is 9.64 Å². The fourth-order valence-electron chi connectivity index (χ4n) is 4.38. The fraction of sp³-hybridized carbons (Fsp3) is 0.375. The highest BCUT2D eigenvalue weighted by molar-refractivity contribution is 7.90. The Hall–Kier alpha value is -3.27. The predicted molar refractivity (Wildman–Crippen MR) is 119 cm³/mol. The van der Waals surface area contributed by atoms with Crippen molar-refractivity contribution >= 4 is 27.8 Å². The Bertz CT molecular complexity index is 1190. The molecule has 0 aromatic heterocycles. The maximum absolute atomic E-state index is 13.3. The topological polar surface area (TPSA) is 101 Å². The zero-order chi connectivity index (χ0) is 24.3. The molecule has 180 valence electrons. The summed E-state index contributed by atoms with van der Waals surface area (Å²) in [4.78, 5) is 39.3. The van der Waals surface area contributed by atoms with Gasteiger partial charge in [0.15, 0.2) is 6.61 Å². The number of carbonyl (C=O) groups excluding carboxylic acids is 3. The van der Waals surface area contributed by atoms with Crippen LogP contribution in [0.15, 0.2) is 53.4 Å². The van der Waals surface area contributed by atoms with E-state index in [0.29, 0.717) is 4.31 Å². The molecule has 0 N–H and O–H groups in total. The van der Waals surface area contributed by atoms with Crippen molar-refractivity contribution in [3.63, 3.8) is 0 Å². The number of carbonyl (C=O) groups is 3. The predicted octanol–water partition coefficient (Wildman–Crippen LogP) is 2.87. The molecule has 4 rings (SSSR count). The van der Waals surface area contributed by atoms with Crippen molar-refractivity contribution in [2.75, 3.05) is 13.2 Å². The Balaban J connectivity index is 1.40. The molecule has 1 heterocycles. The van der Waals surface area contributed by atoms with Crippen LogP contribution in [-0.2, 0) is 30.9 Å². The highest BCUT2D eigenvalue weighted by atomic mass is 32.2. The number of sulfonamides is 1. The molecule has 0 saturated heterocycles. The van der Waals surface area contributed by atoms with Gasteiger partial charge in [0.05, 0.1) is 5.56 Å². The third-order valence-electron chi connectivity index (χ3n) is 6.14. The summed E-state index contributed by atoms with van der Waals surface area (Å²) in [6.45, 7) is -1.15. The van der Waals surface area contributed by atoms with Gasteiger partial charge in [-0.25, -0.2) is 17.1 Å². The molecule has 0 unspecified atom stereocenters. The van der Waals surface area contributed by atoms with Crippen LogP contribution in [-0.4, -0.2) is 54.6 Å². The number of nitrogens with zero attached hydrogens (tertiary/aromatic N) is 2. The monoisotopic (exact) mass is 488 g/mol. The van der Waals surface area contributed by atoms with Crippen LogP contribution in [0.3, 0.4) is 0 Å². The second kappa shape index (κ2) is 9.92. The number of rotatable bonds is 7. The summed E-state index contributed by atoms with van der Waals surface area (Å²) in [5.74, 6) is -2.60. The lowest BCUT2D eigenvalue weighted by Gasteiger charge is -2.34. The molecule has 8 nitrogen and oxygen atoms in total. The summed E-state index contributed by atoms with van der Waals surface area (Å²) in [5, 5.41) is 0. The standard InChI is InChI=1S/C24H25FN2O6S/c25-18-12-10-17(11-13-18)14-26(19-6-2-1-3-7-19)22(28)16-33-23(29)15-27-24(30)20-8-4-5-9-21(20)34(27,31)32/h4-5,8-13,19H,1-3,6-7,14-16H2. The van der Waals surface area contributed by atoms with Gasteiger partial charge in [0.1, 0.15) is 17.3 Å². The van der Waals surface area contributed by atoms with Crippen LogP contribution in [0.1, 0.15) is 48.0 Å². The summed E-state index contributed by atoms with van der Waals surface area (Å²) >= 11 is 0. The zero-order valence-corrected chi connectivity index (χ0v) is 19.3.